The number of rotatable bonds is 7. The fraction of sp³-hybridized carbons (Fsp3) is 0.250. The van der Waals surface area contributed by atoms with Gasteiger partial charge in [0.2, 0.25) is 5.95 Å². The van der Waals surface area contributed by atoms with Gasteiger partial charge in [-0.3, -0.25) is 4.98 Å². The summed E-state index contributed by atoms with van der Waals surface area (Å²) in [4.78, 5) is 7.67. The molecule has 2 N–H and O–H groups in total. The SMILES string of the molecule is CC1([C@H](Nc2cc(Cl)c3ncc(C#N)c(Nc4cnc(F)c(F)c4)c3c2)c2cn(C3COC3)nn2)C=CC(F)=CC1F. The van der Waals surface area contributed by atoms with Crippen molar-refractivity contribution in [2.45, 2.75) is 25.2 Å². The lowest BCUT2D eigenvalue weighted by Gasteiger charge is -2.38. The van der Waals surface area contributed by atoms with E-state index in [1.165, 1.54) is 18.3 Å². The molecule has 14 heteroatoms. The average molecular weight is 597 g/mol. The Morgan fingerprint density at radius 3 is 2.67 bits per heavy atom. The van der Waals surface area contributed by atoms with Crippen LogP contribution in [0, 0.1) is 28.5 Å². The molecule has 0 bridgehead atoms. The molecule has 1 saturated heterocycles. The van der Waals surface area contributed by atoms with Gasteiger partial charge in [-0.15, -0.1) is 5.10 Å². The van der Waals surface area contributed by atoms with Crippen LogP contribution in [0.4, 0.5) is 34.6 Å². The average Bonchev–Trinajstić information content (AvgIpc) is 3.40. The molecule has 6 rings (SSSR count). The topological polar surface area (TPSA) is 114 Å². The van der Waals surface area contributed by atoms with Crippen LogP contribution in [0.25, 0.3) is 10.9 Å². The molecule has 0 amide bonds. The van der Waals surface area contributed by atoms with E-state index in [0.29, 0.717) is 35.5 Å². The first-order valence-corrected chi connectivity index (χ1v) is 13.1. The second kappa shape index (κ2) is 10.7. The van der Waals surface area contributed by atoms with Crippen molar-refractivity contribution in [3.05, 3.63) is 88.9 Å². The Hall–Kier alpha value is -4.54. The van der Waals surface area contributed by atoms with E-state index in [0.717, 1.165) is 18.3 Å². The minimum absolute atomic E-state index is 0.00914. The highest BCUT2D eigenvalue weighted by molar-refractivity contribution is 6.36. The number of nitriles is 1. The van der Waals surface area contributed by atoms with Crippen molar-refractivity contribution in [3.63, 3.8) is 0 Å². The smallest absolute Gasteiger partial charge is 0.249 e. The first-order valence-electron chi connectivity index (χ1n) is 12.7. The van der Waals surface area contributed by atoms with Gasteiger partial charge in [0.25, 0.3) is 0 Å². The van der Waals surface area contributed by atoms with E-state index in [2.05, 4.69) is 30.9 Å². The second-order valence-electron chi connectivity index (χ2n) is 10.2. The lowest BCUT2D eigenvalue weighted by Crippen LogP contribution is -2.38. The number of benzene rings is 1. The Bertz CT molecular complexity index is 1800. The fourth-order valence-corrected chi connectivity index (χ4v) is 5.14. The first kappa shape index (κ1) is 27.6. The standard InChI is InChI=1S/C28H21ClF4N8O/c1-28(3-2-15(30)4-23(28)32)26(22-11-41(40-39-22)18-12-42-13-18)38-16-5-19-24(37-17-7-21(31)27(33)36-10-17)14(8-34)9-35-25(19)20(29)6-16/h2-7,9-11,18,23,26,38H,12-13H2,1H3,(H,35,37)/t23?,26-,28?/m1/s1. The summed E-state index contributed by atoms with van der Waals surface area (Å²) in [6.45, 7) is 2.56. The Labute approximate surface area is 241 Å². The van der Waals surface area contributed by atoms with Crippen molar-refractivity contribution in [3.8, 4) is 6.07 Å². The molecule has 1 fully saturated rings. The maximum Gasteiger partial charge on any atom is 0.249 e. The number of aromatic nitrogens is 5. The number of allylic oxidation sites excluding steroid dienone is 3. The van der Waals surface area contributed by atoms with Crippen LogP contribution in [-0.2, 0) is 4.74 Å². The van der Waals surface area contributed by atoms with Gasteiger partial charge in [-0.1, -0.05) is 29.8 Å². The number of nitrogens with one attached hydrogen (secondary N) is 2. The molecule has 0 spiro atoms. The second-order valence-corrected chi connectivity index (χ2v) is 10.6. The number of nitrogens with zero attached hydrogens (tertiary/aromatic N) is 6. The molecule has 4 aromatic rings. The highest BCUT2D eigenvalue weighted by Gasteiger charge is 2.44. The van der Waals surface area contributed by atoms with Gasteiger partial charge in [0.05, 0.1) is 59.1 Å². The summed E-state index contributed by atoms with van der Waals surface area (Å²) < 4.78 is 63.7. The van der Waals surface area contributed by atoms with Crippen LogP contribution >= 0.6 is 11.6 Å². The number of hydrogen-bond donors (Lipinski definition) is 2. The highest BCUT2D eigenvalue weighted by atomic mass is 35.5. The number of pyridine rings is 2. The predicted octanol–water partition coefficient (Wildman–Crippen LogP) is 6.26. The molecule has 42 heavy (non-hydrogen) atoms. The van der Waals surface area contributed by atoms with E-state index >= 15 is 4.39 Å². The normalized spacial score (nSPS) is 21.0. The number of halogens is 5. The molecule has 1 aromatic carbocycles. The van der Waals surface area contributed by atoms with Crippen LogP contribution in [-0.4, -0.2) is 44.3 Å². The number of fused-ring (bicyclic) bond motifs is 1. The summed E-state index contributed by atoms with van der Waals surface area (Å²) >= 11 is 6.62. The van der Waals surface area contributed by atoms with Crippen LogP contribution in [0.3, 0.4) is 0 Å². The molecule has 9 nitrogen and oxygen atoms in total. The lowest BCUT2D eigenvalue weighted by atomic mass is 9.74. The van der Waals surface area contributed by atoms with E-state index < -0.39 is 35.2 Å². The first-order chi connectivity index (χ1) is 20.2. The van der Waals surface area contributed by atoms with Crippen molar-refractivity contribution >= 4 is 39.6 Å². The quantitative estimate of drug-likeness (QED) is 0.190. The Kier molecular flexibility index (Phi) is 7.04. The Morgan fingerprint density at radius 2 is 1.98 bits per heavy atom. The van der Waals surface area contributed by atoms with Crippen molar-refractivity contribution in [2.24, 2.45) is 5.41 Å². The summed E-state index contributed by atoms with van der Waals surface area (Å²) in [5, 5.41) is 25.0. The lowest BCUT2D eigenvalue weighted by molar-refractivity contribution is -0.0294. The molecule has 3 aromatic heterocycles. The number of alkyl halides is 1. The summed E-state index contributed by atoms with van der Waals surface area (Å²) in [5.41, 5.74) is 0.163. The molecule has 2 aliphatic rings. The maximum absolute atomic E-state index is 15.5. The summed E-state index contributed by atoms with van der Waals surface area (Å²) in [6.07, 6.45) is 5.87. The van der Waals surface area contributed by atoms with Gasteiger partial charge in [0.1, 0.15) is 29.8 Å². The van der Waals surface area contributed by atoms with Gasteiger partial charge in [0, 0.05) is 28.8 Å². The molecular weight excluding hydrogens is 576 g/mol. The van der Waals surface area contributed by atoms with Crippen LogP contribution in [0.2, 0.25) is 5.02 Å². The van der Waals surface area contributed by atoms with Crippen molar-refractivity contribution in [2.75, 3.05) is 23.8 Å². The molecule has 0 saturated carbocycles. The van der Waals surface area contributed by atoms with Gasteiger partial charge in [-0.25, -0.2) is 22.8 Å². The van der Waals surface area contributed by atoms with Gasteiger partial charge in [0.15, 0.2) is 5.82 Å². The van der Waals surface area contributed by atoms with Gasteiger partial charge in [-0.2, -0.15) is 9.65 Å². The molecule has 2 unspecified atom stereocenters. The third kappa shape index (κ3) is 4.93. The zero-order valence-electron chi connectivity index (χ0n) is 21.8. The third-order valence-electron chi connectivity index (χ3n) is 7.36. The fourth-order valence-electron chi connectivity index (χ4n) is 4.87. The Balaban J connectivity index is 1.44. The van der Waals surface area contributed by atoms with E-state index in [4.69, 9.17) is 16.3 Å². The molecule has 3 atom stereocenters. The molecule has 1 aliphatic carbocycles. The predicted molar refractivity (Wildman–Crippen MR) is 146 cm³/mol. The third-order valence-corrected chi connectivity index (χ3v) is 7.65. The highest BCUT2D eigenvalue weighted by Crippen LogP contribution is 2.46. The molecule has 0 radical (unpaired) electrons. The van der Waals surface area contributed by atoms with Crippen LogP contribution in [0.15, 0.2) is 60.8 Å². The van der Waals surface area contributed by atoms with Crippen LogP contribution in [0.5, 0.6) is 0 Å². The van der Waals surface area contributed by atoms with E-state index in [9.17, 15) is 18.4 Å². The van der Waals surface area contributed by atoms with Crippen molar-refractivity contribution in [1.82, 2.24) is 25.0 Å². The van der Waals surface area contributed by atoms with Crippen LogP contribution in [0.1, 0.15) is 30.3 Å². The van der Waals surface area contributed by atoms with E-state index in [1.54, 1.807) is 29.9 Å². The summed E-state index contributed by atoms with van der Waals surface area (Å²) in [6, 6.07) is 5.25. The minimum atomic E-state index is -1.72. The zero-order chi connectivity index (χ0) is 29.6. The molecular formula is C28H21ClF4N8O. The molecule has 4 heterocycles. The van der Waals surface area contributed by atoms with E-state index in [1.807, 2.05) is 6.07 Å². The minimum Gasteiger partial charge on any atom is -0.377 e. The largest absolute Gasteiger partial charge is 0.377 e. The van der Waals surface area contributed by atoms with Gasteiger partial charge >= 0.3 is 0 Å². The Morgan fingerprint density at radius 1 is 1.17 bits per heavy atom. The van der Waals surface area contributed by atoms with Gasteiger partial charge < -0.3 is 15.4 Å². The monoisotopic (exact) mass is 596 g/mol. The summed E-state index contributed by atoms with van der Waals surface area (Å²) in [7, 11) is 0. The molecule has 214 valence electrons. The molecule has 1 aliphatic heterocycles. The van der Waals surface area contributed by atoms with Gasteiger partial charge in [-0.05, 0) is 24.3 Å². The van der Waals surface area contributed by atoms with Crippen molar-refractivity contribution < 1.29 is 22.3 Å². The van der Waals surface area contributed by atoms with Crippen LogP contribution < -0.4 is 10.6 Å². The maximum atomic E-state index is 15.5. The summed E-state index contributed by atoms with van der Waals surface area (Å²) in [5.74, 6) is -3.14. The zero-order valence-corrected chi connectivity index (χ0v) is 22.6. The number of anilines is 3. The number of hydrogen-bond acceptors (Lipinski definition) is 8. The van der Waals surface area contributed by atoms with E-state index in [-0.39, 0.29) is 28.0 Å². The van der Waals surface area contributed by atoms with Crippen molar-refractivity contribution in [1.29, 1.82) is 5.26 Å². The number of ether oxygens (including phenoxy) is 1.